The quantitative estimate of drug-likeness (QED) is 0.701. The molecule has 4 rings (SSSR count). The van der Waals surface area contributed by atoms with Crippen LogP contribution in [0.3, 0.4) is 0 Å². The molecule has 138 valence electrons. The summed E-state index contributed by atoms with van der Waals surface area (Å²) in [6.07, 6.45) is 1.58. The molecule has 0 aliphatic carbocycles. The normalized spacial score (nSPS) is 13.6. The van der Waals surface area contributed by atoms with E-state index in [1.165, 1.54) is 0 Å². The van der Waals surface area contributed by atoms with Gasteiger partial charge < -0.3 is 20.5 Å². The minimum atomic E-state index is 0.0829. The minimum Gasteiger partial charge on any atom is -0.504 e. The molecule has 0 radical (unpaired) electrons. The van der Waals surface area contributed by atoms with E-state index in [1.807, 2.05) is 25.1 Å². The van der Waals surface area contributed by atoms with Crippen LogP contribution in [0, 0.1) is 6.92 Å². The number of anilines is 2. The number of aryl methyl sites for hydroxylation is 1. The van der Waals surface area contributed by atoms with Crippen molar-refractivity contribution in [2.24, 2.45) is 0 Å². The Labute approximate surface area is 161 Å². The van der Waals surface area contributed by atoms with Crippen molar-refractivity contribution >= 4 is 23.4 Å². The number of pyridine rings is 1. The molecule has 0 atom stereocenters. The summed E-state index contributed by atoms with van der Waals surface area (Å²) in [7, 11) is 0. The van der Waals surface area contributed by atoms with Crippen molar-refractivity contribution in [2.45, 2.75) is 13.5 Å². The summed E-state index contributed by atoms with van der Waals surface area (Å²) in [5.41, 5.74) is 8.94. The van der Waals surface area contributed by atoms with E-state index in [0.717, 1.165) is 28.3 Å². The van der Waals surface area contributed by atoms with E-state index in [9.17, 15) is 5.11 Å². The Morgan fingerprint density at radius 1 is 1.22 bits per heavy atom. The number of nitrogen functional groups attached to an aromatic ring is 1. The second-order valence-corrected chi connectivity index (χ2v) is 6.78. The highest BCUT2D eigenvalue weighted by Gasteiger charge is 2.21. The monoisotopic (exact) mass is 383 g/mol. The van der Waals surface area contributed by atoms with Crippen molar-refractivity contribution < 1.29 is 9.84 Å². The fourth-order valence-electron chi connectivity index (χ4n) is 3.13. The number of hydrogen-bond acceptors (Lipinski definition) is 7. The van der Waals surface area contributed by atoms with Crippen molar-refractivity contribution in [3.05, 3.63) is 52.8 Å². The third-order valence-corrected chi connectivity index (χ3v) is 4.54. The van der Waals surface area contributed by atoms with Crippen molar-refractivity contribution in [1.82, 2.24) is 15.0 Å². The number of ether oxygens (including phenoxy) is 1. The summed E-state index contributed by atoms with van der Waals surface area (Å²) in [5.74, 6) is 1.52. The van der Waals surface area contributed by atoms with Crippen LogP contribution in [0.25, 0.3) is 11.3 Å². The molecule has 3 N–H and O–H groups in total. The molecule has 1 aliphatic heterocycles. The molecular weight excluding hydrogens is 366 g/mol. The number of nitrogens with zero attached hydrogens (tertiary/aromatic N) is 4. The van der Waals surface area contributed by atoms with Crippen molar-refractivity contribution in [3.8, 4) is 22.8 Å². The van der Waals surface area contributed by atoms with Crippen LogP contribution >= 0.6 is 11.6 Å². The third kappa shape index (κ3) is 3.59. The molecule has 0 bridgehead atoms. The maximum absolute atomic E-state index is 10.5. The molecular formula is C19H18ClN5O2. The smallest absolute Gasteiger partial charge is 0.222 e. The Kier molecular flexibility index (Phi) is 4.45. The van der Waals surface area contributed by atoms with Crippen molar-refractivity contribution in [2.75, 3.05) is 23.8 Å². The minimum absolute atomic E-state index is 0.0829. The van der Waals surface area contributed by atoms with E-state index >= 15 is 0 Å². The molecule has 7 nitrogen and oxygen atoms in total. The summed E-state index contributed by atoms with van der Waals surface area (Å²) in [4.78, 5) is 14.8. The van der Waals surface area contributed by atoms with E-state index in [1.54, 1.807) is 18.3 Å². The van der Waals surface area contributed by atoms with Crippen LogP contribution in [0.4, 0.5) is 11.8 Å². The number of hydrogen-bond donors (Lipinski definition) is 2. The lowest BCUT2D eigenvalue weighted by Crippen LogP contribution is -2.26. The van der Waals surface area contributed by atoms with Gasteiger partial charge in [-0.25, -0.2) is 4.98 Å². The number of halogens is 1. The van der Waals surface area contributed by atoms with E-state index in [-0.39, 0.29) is 11.7 Å². The third-order valence-electron chi connectivity index (χ3n) is 4.32. The molecule has 0 spiro atoms. The first-order chi connectivity index (χ1) is 13.0. The van der Waals surface area contributed by atoms with Gasteiger partial charge in [0.1, 0.15) is 12.4 Å². The Hall–Kier alpha value is -3.06. The Morgan fingerprint density at radius 2 is 2.07 bits per heavy atom. The number of phenols is 1. The summed E-state index contributed by atoms with van der Waals surface area (Å²) in [6.45, 7) is 3.42. The maximum Gasteiger partial charge on any atom is 0.222 e. The highest BCUT2D eigenvalue weighted by molar-refractivity contribution is 6.30. The first kappa shape index (κ1) is 17.4. The second kappa shape index (κ2) is 6.92. The average Bonchev–Trinajstić information content (AvgIpc) is 2.84. The average molecular weight is 384 g/mol. The first-order valence-corrected chi connectivity index (χ1v) is 8.84. The molecule has 0 amide bonds. The summed E-state index contributed by atoms with van der Waals surface area (Å²) in [5, 5.41) is 11.0. The highest BCUT2D eigenvalue weighted by atomic mass is 35.5. The standard InChI is InChI=1S/C19H18ClN5O2/c1-11-6-17(24-19(21)23-11)25-4-5-27-18-13(10-25)7-12(8-16(18)26)15-3-2-14(20)9-22-15/h2-3,6-9,26H,4-5,10H2,1H3,(H2,21,23,24). The van der Waals surface area contributed by atoms with Gasteiger partial charge >= 0.3 is 0 Å². The van der Waals surface area contributed by atoms with Gasteiger partial charge in [-0.2, -0.15) is 4.98 Å². The molecule has 2 aromatic heterocycles. The Balaban J connectivity index is 1.73. The maximum atomic E-state index is 10.5. The van der Waals surface area contributed by atoms with Gasteiger partial charge in [0, 0.05) is 35.6 Å². The molecule has 0 saturated carbocycles. The van der Waals surface area contributed by atoms with Crippen LogP contribution in [0.1, 0.15) is 11.3 Å². The number of rotatable bonds is 2. The molecule has 3 aromatic rings. The molecule has 0 saturated heterocycles. The number of aromatic nitrogens is 3. The fourth-order valence-corrected chi connectivity index (χ4v) is 3.24. The van der Waals surface area contributed by atoms with E-state index < -0.39 is 0 Å². The highest BCUT2D eigenvalue weighted by Crippen LogP contribution is 2.38. The predicted molar refractivity (Wildman–Crippen MR) is 104 cm³/mol. The van der Waals surface area contributed by atoms with Gasteiger partial charge in [-0.05, 0) is 31.2 Å². The van der Waals surface area contributed by atoms with Crippen LogP contribution < -0.4 is 15.4 Å². The zero-order chi connectivity index (χ0) is 19.0. The molecule has 0 unspecified atom stereocenters. The zero-order valence-corrected chi connectivity index (χ0v) is 15.4. The molecule has 3 heterocycles. The topological polar surface area (TPSA) is 97.4 Å². The van der Waals surface area contributed by atoms with Crippen molar-refractivity contribution in [3.63, 3.8) is 0 Å². The van der Waals surface area contributed by atoms with E-state index in [2.05, 4.69) is 19.9 Å². The van der Waals surface area contributed by atoms with Crippen LogP contribution in [0.2, 0.25) is 5.02 Å². The van der Waals surface area contributed by atoms with E-state index in [4.69, 9.17) is 22.1 Å². The zero-order valence-electron chi connectivity index (χ0n) is 14.7. The molecule has 1 aliphatic rings. The van der Waals surface area contributed by atoms with Crippen LogP contribution in [-0.4, -0.2) is 33.2 Å². The molecule has 1 aromatic carbocycles. The van der Waals surface area contributed by atoms with Gasteiger partial charge in [0.05, 0.1) is 17.3 Å². The number of phenolic OH excluding ortho intramolecular Hbond substituents is 1. The number of nitrogens with two attached hydrogens (primary N) is 1. The van der Waals surface area contributed by atoms with Gasteiger partial charge in [0.2, 0.25) is 5.95 Å². The second-order valence-electron chi connectivity index (χ2n) is 6.34. The Morgan fingerprint density at radius 3 is 2.81 bits per heavy atom. The lowest BCUT2D eigenvalue weighted by molar-refractivity contribution is 0.311. The van der Waals surface area contributed by atoms with Crippen LogP contribution in [0.15, 0.2) is 36.5 Å². The van der Waals surface area contributed by atoms with Gasteiger partial charge in [-0.1, -0.05) is 11.6 Å². The van der Waals surface area contributed by atoms with Gasteiger partial charge in [0.25, 0.3) is 0 Å². The number of aromatic hydroxyl groups is 1. The number of benzene rings is 1. The van der Waals surface area contributed by atoms with Crippen LogP contribution in [-0.2, 0) is 6.54 Å². The molecule has 8 heteroatoms. The summed E-state index contributed by atoms with van der Waals surface area (Å²) in [6, 6.07) is 9.07. The van der Waals surface area contributed by atoms with Crippen molar-refractivity contribution in [1.29, 1.82) is 0 Å². The predicted octanol–water partition coefficient (Wildman–Crippen LogP) is 3.19. The lowest BCUT2D eigenvalue weighted by Gasteiger charge is -2.21. The largest absolute Gasteiger partial charge is 0.504 e. The fraction of sp³-hybridized carbons (Fsp3) is 0.211. The Bertz CT molecular complexity index is 974. The van der Waals surface area contributed by atoms with E-state index in [0.29, 0.717) is 30.5 Å². The van der Waals surface area contributed by atoms with Gasteiger partial charge in [-0.15, -0.1) is 0 Å². The van der Waals surface area contributed by atoms with Crippen LogP contribution in [0.5, 0.6) is 11.5 Å². The number of fused-ring (bicyclic) bond motifs is 1. The first-order valence-electron chi connectivity index (χ1n) is 8.46. The van der Waals surface area contributed by atoms with Gasteiger partial charge in [0.15, 0.2) is 11.5 Å². The molecule has 0 fully saturated rings. The molecule has 27 heavy (non-hydrogen) atoms. The summed E-state index contributed by atoms with van der Waals surface area (Å²) < 4.78 is 5.79. The SMILES string of the molecule is Cc1cc(N2CCOc3c(O)cc(-c4ccc(Cl)cn4)cc3C2)nc(N)n1. The van der Waals surface area contributed by atoms with Gasteiger partial charge in [-0.3, -0.25) is 4.98 Å². The summed E-state index contributed by atoms with van der Waals surface area (Å²) >= 11 is 5.92. The lowest BCUT2D eigenvalue weighted by atomic mass is 10.0.